The predicted octanol–water partition coefficient (Wildman–Crippen LogP) is 3.69. The minimum atomic E-state index is 0.0526. The standard InChI is InChI=1S/C17H30N2O/c1-2-3-4-5-18-16(20)19-12-17-9-13-6-14(10-17)8-15(7-13)11-17/h13-15H,2-12H2,1H3,(H2,18,19,20). The second-order valence-electron chi connectivity index (χ2n) is 7.73. The number of nitrogens with one attached hydrogen (secondary N) is 2. The van der Waals surface area contributed by atoms with Crippen LogP contribution in [0.2, 0.25) is 0 Å². The predicted molar refractivity (Wildman–Crippen MR) is 81.5 cm³/mol. The molecule has 2 amide bonds. The van der Waals surface area contributed by atoms with Gasteiger partial charge in [-0.05, 0) is 68.1 Å². The van der Waals surface area contributed by atoms with Crippen LogP contribution in [0.3, 0.4) is 0 Å². The van der Waals surface area contributed by atoms with E-state index in [1.54, 1.807) is 0 Å². The molecular weight excluding hydrogens is 248 g/mol. The fraction of sp³-hybridized carbons (Fsp3) is 0.941. The van der Waals surface area contributed by atoms with Crippen molar-refractivity contribution in [3.05, 3.63) is 0 Å². The molecule has 3 nitrogen and oxygen atoms in total. The van der Waals surface area contributed by atoms with Crippen LogP contribution in [0.15, 0.2) is 0 Å². The molecule has 0 aliphatic heterocycles. The van der Waals surface area contributed by atoms with E-state index in [0.29, 0.717) is 5.41 Å². The number of hydrogen-bond donors (Lipinski definition) is 2. The van der Waals surface area contributed by atoms with E-state index >= 15 is 0 Å². The topological polar surface area (TPSA) is 41.1 Å². The minimum Gasteiger partial charge on any atom is -0.338 e. The quantitative estimate of drug-likeness (QED) is 0.715. The molecule has 0 heterocycles. The Labute approximate surface area is 123 Å². The average Bonchev–Trinajstić information content (AvgIpc) is 2.40. The average molecular weight is 278 g/mol. The molecule has 0 saturated heterocycles. The maximum atomic E-state index is 11.9. The third-order valence-corrected chi connectivity index (χ3v) is 5.85. The van der Waals surface area contributed by atoms with Gasteiger partial charge in [-0.1, -0.05) is 19.8 Å². The Morgan fingerprint density at radius 3 is 2.15 bits per heavy atom. The second-order valence-corrected chi connectivity index (χ2v) is 7.73. The third-order valence-electron chi connectivity index (χ3n) is 5.85. The third kappa shape index (κ3) is 3.12. The highest BCUT2D eigenvalue weighted by Gasteiger charge is 2.50. The van der Waals surface area contributed by atoms with Gasteiger partial charge >= 0.3 is 6.03 Å². The first-order valence-corrected chi connectivity index (χ1v) is 8.71. The molecular formula is C17H30N2O. The van der Waals surface area contributed by atoms with Gasteiger partial charge in [-0.15, -0.1) is 0 Å². The van der Waals surface area contributed by atoms with Crippen LogP contribution in [0.4, 0.5) is 4.79 Å². The molecule has 4 bridgehead atoms. The van der Waals surface area contributed by atoms with E-state index in [1.165, 1.54) is 51.4 Å². The molecule has 0 aromatic heterocycles. The zero-order valence-electron chi connectivity index (χ0n) is 12.9. The molecule has 0 spiro atoms. The highest BCUT2D eigenvalue weighted by Crippen LogP contribution is 2.59. The monoisotopic (exact) mass is 278 g/mol. The number of urea groups is 1. The van der Waals surface area contributed by atoms with Crippen molar-refractivity contribution in [2.75, 3.05) is 13.1 Å². The van der Waals surface area contributed by atoms with Gasteiger partial charge in [0, 0.05) is 13.1 Å². The van der Waals surface area contributed by atoms with Gasteiger partial charge in [-0.3, -0.25) is 0 Å². The van der Waals surface area contributed by atoms with Crippen LogP contribution in [0.1, 0.15) is 64.7 Å². The molecule has 2 N–H and O–H groups in total. The maximum absolute atomic E-state index is 11.9. The van der Waals surface area contributed by atoms with E-state index in [-0.39, 0.29) is 6.03 Å². The Bertz CT molecular complexity index is 318. The zero-order valence-corrected chi connectivity index (χ0v) is 12.9. The van der Waals surface area contributed by atoms with Crippen molar-refractivity contribution >= 4 is 6.03 Å². The summed E-state index contributed by atoms with van der Waals surface area (Å²) in [6, 6.07) is 0.0526. The fourth-order valence-corrected chi connectivity index (χ4v) is 5.41. The lowest BCUT2D eigenvalue weighted by Crippen LogP contribution is -2.52. The first-order chi connectivity index (χ1) is 9.69. The summed E-state index contributed by atoms with van der Waals surface area (Å²) in [5, 5.41) is 6.17. The molecule has 4 aliphatic rings. The maximum Gasteiger partial charge on any atom is 0.314 e. The number of amides is 2. The van der Waals surface area contributed by atoms with Gasteiger partial charge < -0.3 is 10.6 Å². The van der Waals surface area contributed by atoms with Crippen LogP contribution in [-0.2, 0) is 0 Å². The molecule has 0 unspecified atom stereocenters. The number of carbonyl (C=O) groups is 1. The molecule has 4 aliphatic carbocycles. The number of unbranched alkanes of at least 4 members (excludes halogenated alkanes) is 2. The summed E-state index contributed by atoms with van der Waals surface area (Å²) < 4.78 is 0. The summed E-state index contributed by atoms with van der Waals surface area (Å²) in [6.45, 7) is 3.92. The van der Waals surface area contributed by atoms with E-state index in [0.717, 1.165) is 37.3 Å². The lowest BCUT2D eigenvalue weighted by Gasteiger charge is -2.56. The van der Waals surface area contributed by atoms with Crippen molar-refractivity contribution in [1.82, 2.24) is 10.6 Å². The Kier molecular flexibility index (Phi) is 4.23. The largest absolute Gasteiger partial charge is 0.338 e. The molecule has 114 valence electrons. The summed E-state index contributed by atoms with van der Waals surface area (Å²) >= 11 is 0. The lowest BCUT2D eigenvalue weighted by atomic mass is 9.49. The molecule has 0 radical (unpaired) electrons. The number of hydrogen-bond acceptors (Lipinski definition) is 1. The highest BCUT2D eigenvalue weighted by atomic mass is 16.2. The van der Waals surface area contributed by atoms with E-state index in [9.17, 15) is 4.79 Å². The van der Waals surface area contributed by atoms with Crippen LogP contribution in [0.25, 0.3) is 0 Å². The molecule has 0 atom stereocenters. The Morgan fingerprint density at radius 2 is 1.60 bits per heavy atom. The number of carbonyl (C=O) groups excluding carboxylic acids is 1. The highest BCUT2D eigenvalue weighted by molar-refractivity contribution is 5.73. The van der Waals surface area contributed by atoms with Crippen molar-refractivity contribution in [2.24, 2.45) is 23.2 Å². The SMILES string of the molecule is CCCCCNC(=O)NCC12CC3CC(CC(C3)C1)C2. The molecule has 0 aromatic carbocycles. The van der Waals surface area contributed by atoms with Gasteiger partial charge in [0.2, 0.25) is 0 Å². The van der Waals surface area contributed by atoms with E-state index in [4.69, 9.17) is 0 Å². The van der Waals surface area contributed by atoms with Crippen LogP contribution in [0, 0.1) is 23.2 Å². The van der Waals surface area contributed by atoms with Gasteiger partial charge in [0.1, 0.15) is 0 Å². The normalized spacial score (nSPS) is 38.0. The van der Waals surface area contributed by atoms with E-state index in [1.807, 2.05) is 0 Å². The molecule has 4 rings (SSSR count). The zero-order chi connectivity index (χ0) is 14.0. The smallest absolute Gasteiger partial charge is 0.314 e. The Balaban J connectivity index is 1.43. The fourth-order valence-electron chi connectivity index (χ4n) is 5.41. The minimum absolute atomic E-state index is 0.0526. The second kappa shape index (κ2) is 5.95. The van der Waals surface area contributed by atoms with E-state index in [2.05, 4.69) is 17.6 Å². The Morgan fingerprint density at radius 1 is 1.00 bits per heavy atom. The number of rotatable bonds is 6. The van der Waals surface area contributed by atoms with Crippen LogP contribution >= 0.6 is 0 Å². The molecule has 3 heteroatoms. The van der Waals surface area contributed by atoms with Crippen molar-refractivity contribution < 1.29 is 4.79 Å². The van der Waals surface area contributed by atoms with Crippen LogP contribution < -0.4 is 10.6 Å². The lowest BCUT2D eigenvalue weighted by molar-refractivity contribution is -0.0498. The van der Waals surface area contributed by atoms with Crippen molar-refractivity contribution in [2.45, 2.75) is 64.7 Å². The Hall–Kier alpha value is -0.730. The van der Waals surface area contributed by atoms with E-state index < -0.39 is 0 Å². The van der Waals surface area contributed by atoms with Gasteiger partial charge in [0.25, 0.3) is 0 Å². The molecule has 0 aromatic rings. The van der Waals surface area contributed by atoms with Gasteiger partial charge in [-0.25, -0.2) is 4.79 Å². The molecule has 20 heavy (non-hydrogen) atoms. The van der Waals surface area contributed by atoms with Crippen molar-refractivity contribution in [3.63, 3.8) is 0 Å². The first kappa shape index (κ1) is 14.2. The van der Waals surface area contributed by atoms with Crippen molar-refractivity contribution in [1.29, 1.82) is 0 Å². The summed E-state index contributed by atoms with van der Waals surface area (Å²) in [5.41, 5.74) is 0.454. The molecule has 4 saturated carbocycles. The van der Waals surface area contributed by atoms with Gasteiger partial charge in [0.05, 0.1) is 0 Å². The van der Waals surface area contributed by atoms with Crippen LogP contribution in [0.5, 0.6) is 0 Å². The summed E-state index contributed by atoms with van der Waals surface area (Å²) in [5.74, 6) is 2.90. The van der Waals surface area contributed by atoms with Crippen LogP contribution in [-0.4, -0.2) is 19.1 Å². The molecule has 4 fully saturated rings. The first-order valence-electron chi connectivity index (χ1n) is 8.71. The van der Waals surface area contributed by atoms with Crippen molar-refractivity contribution in [3.8, 4) is 0 Å². The van der Waals surface area contributed by atoms with Gasteiger partial charge in [0.15, 0.2) is 0 Å². The summed E-state index contributed by atoms with van der Waals surface area (Å²) in [4.78, 5) is 11.9. The summed E-state index contributed by atoms with van der Waals surface area (Å²) in [7, 11) is 0. The van der Waals surface area contributed by atoms with Gasteiger partial charge in [-0.2, -0.15) is 0 Å². The summed E-state index contributed by atoms with van der Waals surface area (Å²) in [6.07, 6.45) is 12.0.